The van der Waals surface area contributed by atoms with E-state index in [1.807, 2.05) is 18.3 Å². The van der Waals surface area contributed by atoms with Crippen LogP contribution in [0.4, 0.5) is 5.69 Å². The van der Waals surface area contributed by atoms with Gasteiger partial charge in [-0.1, -0.05) is 0 Å². The number of rotatable bonds is 4. The van der Waals surface area contributed by atoms with E-state index in [0.717, 1.165) is 29.8 Å². The first-order valence-electron chi connectivity index (χ1n) is 8.54. The van der Waals surface area contributed by atoms with Gasteiger partial charge >= 0.3 is 0 Å². The van der Waals surface area contributed by atoms with E-state index >= 15 is 0 Å². The summed E-state index contributed by atoms with van der Waals surface area (Å²) in [5.74, 6) is 0.747. The molecule has 3 aromatic rings. The van der Waals surface area contributed by atoms with Gasteiger partial charge in [0.05, 0.1) is 10.6 Å². The maximum atomic E-state index is 11.0. The number of phenols is 1. The Hall–Kier alpha value is -3.39. The second kappa shape index (κ2) is 7.08. The standard InChI is InChI=1S/C19H17N5O3/c25-18-2-1-16(24(26)27)9-14(18)11-23-8-5-17-15(12-23)10-21-19(22-17)13-3-6-20-7-4-13/h1-4,6-7,9-10,25H,5,8,11-12H2. The lowest BCUT2D eigenvalue weighted by Crippen LogP contribution is -2.31. The molecule has 1 aliphatic rings. The number of phenolic OH excluding ortho intramolecular Hbond substituents is 1. The predicted octanol–water partition coefficient (Wildman–Crippen LogP) is 2.71. The number of pyridine rings is 1. The zero-order valence-corrected chi connectivity index (χ0v) is 14.4. The summed E-state index contributed by atoms with van der Waals surface area (Å²) in [5.41, 5.74) is 3.49. The molecule has 8 nitrogen and oxygen atoms in total. The Morgan fingerprint density at radius 1 is 1.22 bits per heavy atom. The van der Waals surface area contributed by atoms with Crippen LogP contribution in [-0.4, -0.2) is 36.4 Å². The minimum absolute atomic E-state index is 0.0227. The zero-order valence-electron chi connectivity index (χ0n) is 14.4. The fourth-order valence-electron chi connectivity index (χ4n) is 3.20. The van der Waals surface area contributed by atoms with Gasteiger partial charge in [-0.25, -0.2) is 9.97 Å². The summed E-state index contributed by atoms with van der Waals surface area (Å²) in [6, 6.07) is 7.85. The zero-order chi connectivity index (χ0) is 18.8. The first-order valence-corrected chi connectivity index (χ1v) is 8.54. The van der Waals surface area contributed by atoms with Crippen LogP contribution in [0.25, 0.3) is 11.4 Å². The van der Waals surface area contributed by atoms with Gasteiger partial charge in [0.2, 0.25) is 0 Å². The van der Waals surface area contributed by atoms with E-state index in [4.69, 9.17) is 0 Å². The van der Waals surface area contributed by atoms with E-state index in [-0.39, 0.29) is 11.4 Å². The Bertz CT molecular complexity index is 994. The number of non-ortho nitro benzene ring substituents is 1. The van der Waals surface area contributed by atoms with Crippen LogP contribution in [0.1, 0.15) is 16.8 Å². The molecule has 0 bridgehead atoms. The fraction of sp³-hybridized carbons (Fsp3) is 0.211. The number of aromatic nitrogens is 3. The molecule has 3 heterocycles. The van der Waals surface area contributed by atoms with Gasteiger partial charge in [0.1, 0.15) is 5.75 Å². The molecule has 0 aliphatic carbocycles. The Balaban J connectivity index is 1.52. The number of nitrogens with zero attached hydrogens (tertiary/aromatic N) is 5. The van der Waals surface area contributed by atoms with Gasteiger partial charge in [-0.3, -0.25) is 20.0 Å². The number of hydrogen-bond acceptors (Lipinski definition) is 7. The number of benzene rings is 1. The van der Waals surface area contributed by atoms with Crippen LogP contribution in [0.2, 0.25) is 0 Å². The van der Waals surface area contributed by atoms with Crippen LogP contribution in [-0.2, 0) is 19.5 Å². The van der Waals surface area contributed by atoms with Crippen molar-refractivity contribution < 1.29 is 10.0 Å². The average molecular weight is 363 g/mol. The topological polar surface area (TPSA) is 105 Å². The SMILES string of the molecule is O=[N+]([O-])c1ccc(O)c(CN2CCc3nc(-c4ccncc4)ncc3C2)c1. The molecular weight excluding hydrogens is 346 g/mol. The molecule has 0 radical (unpaired) electrons. The van der Waals surface area contributed by atoms with Crippen LogP contribution >= 0.6 is 0 Å². The van der Waals surface area contributed by atoms with Gasteiger partial charge in [-0.15, -0.1) is 0 Å². The van der Waals surface area contributed by atoms with E-state index in [9.17, 15) is 15.2 Å². The van der Waals surface area contributed by atoms with Crippen molar-refractivity contribution in [3.05, 3.63) is 75.9 Å². The number of hydrogen-bond donors (Lipinski definition) is 1. The minimum atomic E-state index is -0.455. The van der Waals surface area contributed by atoms with E-state index in [0.29, 0.717) is 24.5 Å². The molecule has 0 saturated heterocycles. The molecule has 1 N–H and O–H groups in total. The van der Waals surface area contributed by atoms with Crippen molar-refractivity contribution in [2.24, 2.45) is 0 Å². The summed E-state index contributed by atoms with van der Waals surface area (Å²) >= 11 is 0. The van der Waals surface area contributed by atoms with Crippen molar-refractivity contribution in [1.29, 1.82) is 0 Å². The molecule has 1 aromatic carbocycles. The number of aromatic hydroxyl groups is 1. The minimum Gasteiger partial charge on any atom is -0.508 e. The van der Waals surface area contributed by atoms with Gasteiger partial charge in [0.15, 0.2) is 5.82 Å². The third-order valence-electron chi connectivity index (χ3n) is 4.62. The van der Waals surface area contributed by atoms with Crippen LogP contribution < -0.4 is 0 Å². The largest absolute Gasteiger partial charge is 0.508 e. The normalized spacial score (nSPS) is 13.9. The highest BCUT2D eigenvalue weighted by atomic mass is 16.6. The first-order chi connectivity index (χ1) is 13.1. The van der Waals surface area contributed by atoms with Gasteiger partial charge in [0, 0.05) is 73.5 Å². The fourth-order valence-corrected chi connectivity index (χ4v) is 3.20. The van der Waals surface area contributed by atoms with Crippen molar-refractivity contribution in [3.8, 4) is 17.1 Å². The summed E-state index contributed by atoms with van der Waals surface area (Å²) < 4.78 is 0. The quantitative estimate of drug-likeness (QED) is 0.561. The molecule has 0 spiro atoms. The van der Waals surface area contributed by atoms with Crippen molar-refractivity contribution in [2.45, 2.75) is 19.5 Å². The second-order valence-electron chi connectivity index (χ2n) is 6.43. The average Bonchev–Trinajstić information content (AvgIpc) is 2.69. The Kier molecular flexibility index (Phi) is 4.47. The van der Waals surface area contributed by atoms with Crippen LogP contribution in [0.3, 0.4) is 0 Å². The van der Waals surface area contributed by atoms with Crippen molar-refractivity contribution >= 4 is 5.69 Å². The lowest BCUT2D eigenvalue weighted by Gasteiger charge is -2.28. The summed E-state index contributed by atoms with van der Waals surface area (Å²) in [7, 11) is 0. The second-order valence-corrected chi connectivity index (χ2v) is 6.43. The maximum Gasteiger partial charge on any atom is 0.270 e. The highest BCUT2D eigenvalue weighted by Gasteiger charge is 2.21. The van der Waals surface area contributed by atoms with Crippen LogP contribution in [0.5, 0.6) is 5.75 Å². The lowest BCUT2D eigenvalue weighted by molar-refractivity contribution is -0.385. The molecule has 136 valence electrons. The van der Waals surface area contributed by atoms with E-state index < -0.39 is 4.92 Å². The molecule has 8 heteroatoms. The molecule has 0 unspecified atom stereocenters. The Morgan fingerprint density at radius 3 is 2.81 bits per heavy atom. The molecular formula is C19H17N5O3. The van der Waals surface area contributed by atoms with Crippen LogP contribution in [0, 0.1) is 10.1 Å². The molecule has 1 aliphatic heterocycles. The summed E-state index contributed by atoms with van der Waals surface area (Å²) in [6.45, 7) is 1.81. The molecule has 27 heavy (non-hydrogen) atoms. The smallest absolute Gasteiger partial charge is 0.270 e. The highest BCUT2D eigenvalue weighted by molar-refractivity contribution is 5.54. The first kappa shape index (κ1) is 17.0. The van der Waals surface area contributed by atoms with E-state index in [1.165, 1.54) is 18.2 Å². The monoisotopic (exact) mass is 363 g/mol. The molecule has 4 rings (SSSR count). The summed E-state index contributed by atoms with van der Waals surface area (Å²) in [5, 5.41) is 21.0. The Labute approximate surface area is 155 Å². The predicted molar refractivity (Wildman–Crippen MR) is 97.8 cm³/mol. The lowest BCUT2D eigenvalue weighted by atomic mass is 10.1. The van der Waals surface area contributed by atoms with Gasteiger partial charge in [-0.05, 0) is 18.2 Å². The summed E-state index contributed by atoms with van der Waals surface area (Å²) in [6.07, 6.45) is 6.01. The molecule has 0 atom stereocenters. The van der Waals surface area contributed by atoms with E-state index in [1.54, 1.807) is 12.4 Å². The highest BCUT2D eigenvalue weighted by Crippen LogP contribution is 2.27. The number of nitro benzene ring substituents is 1. The van der Waals surface area contributed by atoms with Gasteiger partial charge < -0.3 is 5.11 Å². The third-order valence-corrected chi connectivity index (χ3v) is 4.62. The maximum absolute atomic E-state index is 11.0. The summed E-state index contributed by atoms with van der Waals surface area (Å²) in [4.78, 5) is 25.8. The van der Waals surface area contributed by atoms with Crippen molar-refractivity contribution in [2.75, 3.05) is 6.54 Å². The number of nitro groups is 1. The Morgan fingerprint density at radius 2 is 2.04 bits per heavy atom. The molecule has 0 fully saturated rings. The van der Waals surface area contributed by atoms with Gasteiger partial charge in [-0.2, -0.15) is 0 Å². The van der Waals surface area contributed by atoms with E-state index in [2.05, 4.69) is 19.9 Å². The molecule has 0 amide bonds. The van der Waals surface area contributed by atoms with Crippen molar-refractivity contribution in [1.82, 2.24) is 19.9 Å². The third kappa shape index (κ3) is 3.61. The van der Waals surface area contributed by atoms with Crippen molar-refractivity contribution in [3.63, 3.8) is 0 Å². The van der Waals surface area contributed by atoms with Crippen LogP contribution in [0.15, 0.2) is 48.9 Å². The number of fused-ring (bicyclic) bond motifs is 1. The molecule has 2 aromatic heterocycles. The van der Waals surface area contributed by atoms with Gasteiger partial charge in [0.25, 0.3) is 5.69 Å². The molecule has 0 saturated carbocycles.